The second-order valence-corrected chi connectivity index (χ2v) is 9.11. The molecule has 0 fully saturated rings. The Balaban J connectivity index is 1.04. The number of amidine groups is 1. The third-order valence-electron chi connectivity index (χ3n) is 5.38. The van der Waals surface area contributed by atoms with Crippen molar-refractivity contribution in [2.75, 3.05) is 17.4 Å². The molecule has 1 aromatic carbocycles. The van der Waals surface area contributed by atoms with Crippen LogP contribution in [0.2, 0.25) is 0 Å². The zero-order valence-electron chi connectivity index (χ0n) is 17.6. The summed E-state index contributed by atoms with van der Waals surface area (Å²) in [6, 6.07) is 9.76. The number of nitrogens with one attached hydrogen (secondary N) is 3. The molecule has 6 rings (SSSR count). The van der Waals surface area contributed by atoms with Gasteiger partial charge in [0.1, 0.15) is 17.2 Å². The quantitative estimate of drug-likeness (QED) is 0.471. The predicted molar refractivity (Wildman–Crippen MR) is 134 cm³/mol. The van der Waals surface area contributed by atoms with E-state index in [2.05, 4.69) is 47.0 Å². The molecule has 3 aliphatic heterocycles. The monoisotopic (exact) mass is 490 g/mol. The number of thiocarbonyl (C=S) groups is 1. The molecular weight excluding hydrogens is 472 g/mol. The summed E-state index contributed by atoms with van der Waals surface area (Å²) in [6.07, 6.45) is 6.70. The second-order valence-electron chi connectivity index (χ2n) is 7.58. The fraction of sp³-hybridized carbons (Fsp3) is 0.182. The predicted octanol–water partition coefficient (Wildman–Crippen LogP) is 3.15. The van der Waals surface area contributed by atoms with E-state index in [0.29, 0.717) is 23.3 Å². The lowest BCUT2D eigenvalue weighted by molar-refractivity contribution is 0.174. The lowest BCUT2D eigenvalue weighted by Gasteiger charge is -2.21. The Labute approximate surface area is 204 Å². The maximum absolute atomic E-state index is 5.41. The zero-order chi connectivity index (χ0) is 22.9. The van der Waals surface area contributed by atoms with Gasteiger partial charge in [-0.15, -0.1) is 0 Å². The fourth-order valence-electron chi connectivity index (χ4n) is 3.76. The highest BCUT2D eigenvalue weighted by Crippen LogP contribution is 2.46. The number of ether oxygens (including phenoxy) is 2. The summed E-state index contributed by atoms with van der Waals surface area (Å²) in [7, 11) is 0. The molecule has 3 aromatic rings. The summed E-state index contributed by atoms with van der Waals surface area (Å²) in [5.74, 6) is 2.70. The van der Waals surface area contributed by atoms with Crippen LogP contribution in [-0.4, -0.2) is 44.3 Å². The molecule has 34 heavy (non-hydrogen) atoms. The van der Waals surface area contributed by atoms with E-state index in [0.717, 1.165) is 33.5 Å². The van der Waals surface area contributed by atoms with E-state index in [9.17, 15) is 0 Å². The molecule has 2 unspecified atom stereocenters. The number of anilines is 2. The highest BCUT2D eigenvalue weighted by molar-refractivity contribution is 8.01. The summed E-state index contributed by atoms with van der Waals surface area (Å²) >= 11 is 7.03. The SMILES string of the molecule is S=C(NCc1ccc2c(c1)OCO2)Nc1cnc(NC2=NC=NC3c4cccnc4SC23)nc1. The number of aliphatic imine (C=N–C) groups is 2. The fourth-order valence-corrected chi connectivity index (χ4v) is 5.22. The lowest BCUT2D eigenvalue weighted by Crippen LogP contribution is -2.31. The van der Waals surface area contributed by atoms with Crippen molar-refractivity contribution in [3.8, 4) is 11.5 Å². The van der Waals surface area contributed by atoms with Gasteiger partial charge in [-0.1, -0.05) is 23.9 Å². The molecule has 0 aliphatic carbocycles. The van der Waals surface area contributed by atoms with E-state index in [1.807, 2.05) is 24.3 Å². The van der Waals surface area contributed by atoms with Crippen LogP contribution >= 0.6 is 24.0 Å². The largest absolute Gasteiger partial charge is 0.454 e. The minimum Gasteiger partial charge on any atom is -0.454 e. The number of hydrogen-bond acceptors (Lipinski definition) is 10. The highest BCUT2D eigenvalue weighted by atomic mass is 32.2. The van der Waals surface area contributed by atoms with Crippen LogP contribution in [0.1, 0.15) is 17.2 Å². The Kier molecular flexibility index (Phi) is 5.43. The van der Waals surface area contributed by atoms with Gasteiger partial charge in [-0.25, -0.2) is 19.9 Å². The Bertz CT molecular complexity index is 1310. The van der Waals surface area contributed by atoms with E-state index in [4.69, 9.17) is 21.7 Å². The zero-order valence-corrected chi connectivity index (χ0v) is 19.3. The molecule has 170 valence electrons. The molecule has 3 N–H and O–H groups in total. The van der Waals surface area contributed by atoms with Crippen molar-refractivity contribution < 1.29 is 9.47 Å². The molecule has 12 heteroatoms. The Hall–Kier alpha value is -3.77. The number of hydrogen-bond donors (Lipinski definition) is 3. The number of rotatable bonds is 4. The number of pyridine rings is 1. The minimum absolute atomic E-state index is 0.0113. The first-order valence-electron chi connectivity index (χ1n) is 10.5. The summed E-state index contributed by atoms with van der Waals surface area (Å²) in [5.41, 5.74) is 2.82. The molecule has 0 spiro atoms. The van der Waals surface area contributed by atoms with Gasteiger partial charge in [0, 0.05) is 18.3 Å². The molecule has 2 aromatic heterocycles. The molecule has 2 atom stereocenters. The van der Waals surface area contributed by atoms with Crippen LogP contribution in [0.5, 0.6) is 11.5 Å². The van der Waals surface area contributed by atoms with Gasteiger partial charge < -0.3 is 25.4 Å². The third kappa shape index (κ3) is 4.13. The summed E-state index contributed by atoms with van der Waals surface area (Å²) in [5, 5.41) is 10.9. The van der Waals surface area contributed by atoms with Crippen LogP contribution in [0.4, 0.5) is 11.6 Å². The Morgan fingerprint density at radius 1 is 1.12 bits per heavy atom. The smallest absolute Gasteiger partial charge is 0.231 e. The molecule has 0 amide bonds. The van der Waals surface area contributed by atoms with Crippen LogP contribution < -0.4 is 25.4 Å². The summed E-state index contributed by atoms with van der Waals surface area (Å²) < 4.78 is 10.7. The molecule has 0 saturated carbocycles. The molecule has 0 bridgehead atoms. The van der Waals surface area contributed by atoms with Crippen molar-refractivity contribution in [3.63, 3.8) is 0 Å². The van der Waals surface area contributed by atoms with Crippen LogP contribution in [0.3, 0.4) is 0 Å². The van der Waals surface area contributed by atoms with Crippen molar-refractivity contribution in [3.05, 3.63) is 60.0 Å². The van der Waals surface area contributed by atoms with E-state index in [-0.39, 0.29) is 18.1 Å². The van der Waals surface area contributed by atoms with Gasteiger partial charge in [-0.05, 0) is 36.0 Å². The van der Waals surface area contributed by atoms with Crippen LogP contribution in [0.15, 0.2) is 63.9 Å². The average Bonchev–Trinajstić information content (AvgIpc) is 3.49. The first kappa shape index (κ1) is 20.8. The Morgan fingerprint density at radius 3 is 2.91 bits per heavy atom. The third-order valence-corrected chi connectivity index (χ3v) is 6.92. The molecule has 3 aliphatic rings. The van der Waals surface area contributed by atoms with E-state index >= 15 is 0 Å². The minimum atomic E-state index is -0.0113. The van der Waals surface area contributed by atoms with E-state index < -0.39 is 0 Å². The molecule has 10 nitrogen and oxygen atoms in total. The van der Waals surface area contributed by atoms with E-state index in [1.54, 1.807) is 36.7 Å². The van der Waals surface area contributed by atoms with Gasteiger partial charge in [0.05, 0.1) is 29.4 Å². The van der Waals surface area contributed by atoms with Gasteiger partial charge in [-0.3, -0.25) is 4.99 Å². The molecule has 5 heterocycles. The van der Waals surface area contributed by atoms with Gasteiger partial charge in [0.15, 0.2) is 16.6 Å². The highest BCUT2D eigenvalue weighted by Gasteiger charge is 2.39. The summed E-state index contributed by atoms with van der Waals surface area (Å²) in [6.45, 7) is 0.796. The number of thioether (sulfide) groups is 1. The van der Waals surface area contributed by atoms with Gasteiger partial charge in [0.25, 0.3) is 0 Å². The van der Waals surface area contributed by atoms with Crippen molar-refractivity contribution in [1.29, 1.82) is 0 Å². The van der Waals surface area contributed by atoms with Crippen molar-refractivity contribution in [2.24, 2.45) is 9.98 Å². The lowest BCUT2D eigenvalue weighted by atomic mass is 10.1. The number of nitrogens with zero attached hydrogens (tertiary/aromatic N) is 5. The molecular formula is C22H18N8O2S2. The standard InChI is InChI=1S/C22H18N8O2S2/c33-22(26-7-12-3-4-15-16(6-12)32-11-31-15)29-13-8-24-21(25-9-13)30-19-18-17(27-10-28-19)14-2-1-5-23-20(14)34-18/h1-6,8-10,17-18H,7,11H2,(H2,26,29,33)(H,24,25,27,28,30). The van der Waals surface area contributed by atoms with Gasteiger partial charge >= 0.3 is 0 Å². The van der Waals surface area contributed by atoms with Crippen molar-refractivity contribution >= 4 is 52.9 Å². The normalized spacial score (nSPS) is 19.1. The van der Waals surface area contributed by atoms with Crippen LogP contribution in [0, 0.1) is 0 Å². The van der Waals surface area contributed by atoms with Crippen molar-refractivity contribution in [1.82, 2.24) is 20.3 Å². The van der Waals surface area contributed by atoms with Crippen LogP contribution in [0.25, 0.3) is 0 Å². The van der Waals surface area contributed by atoms with Gasteiger partial charge in [0.2, 0.25) is 12.7 Å². The van der Waals surface area contributed by atoms with E-state index in [1.165, 1.54) is 0 Å². The average molecular weight is 491 g/mol. The second kappa shape index (κ2) is 8.88. The van der Waals surface area contributed by atoms with Crippen molar-refractivity contribution in [2.45, 2.75) is 22.9 Å². The maximum Gasteiger partial charge on any atom is 0.231 e. The maximum atomic E-state index is 5.41. The first-order valence-corrected chi connectivity index (χ1v) is 11.7. The number of benzene rings is 1. The van der Waals surface area contributed by atoms with Gasteiger partial charge in [-0.2, -0.15) is 0 Å². The first-order chi connectivity index (χ1) is 16.7. The Morgan fingerprint density at radius 2 is 2.00 bits per heavy atom. The topological polar surface area (TPSA) is 118 Å². The summed E-state index contributed by atoms with van der Waals surface area (Å²) in [4.78, 5) is 22.2. The molecule has 0 saturated heterocycles. The number of aromatic nitrogens is 3. The number of fused-ring (bicyclic) bond motifs is 4. The van der Waals surface area contributed by atoms with Crippen LogP contribution in [-0.2, 0) is 6.54 Å². The molecule has 0 radical (unpaired) electrons.